The van der Waals surface area contributed by atoms with E-state index in [4.69, 9.17) is 4.74 Å². The molecule has 0 amide bonds. The molecule has 4 aliphatic rings. The Morgan fingerprint density at radius 1 is 1.06 bits per heavy atom. The fraction of sp³-hybridized carbons (Fsp3) is 0.828. The smallest absolute Gasteiger partial charge is 0.176 e. The van der Waals surface area contributed by atoms with Crippen LogP contribution in [-0.2, 0) is 11.3 Å². The summed E-state index contributed by atoms with van der Waals surface area (Å²) in [4.78, 5) is 8.98. The van der Waals surface area contributed by atoms with Gasteiger partial charge < -0.3 is 9.84 Å². The first-order chi connectivity index (χ1) is 16.8. The quantitative estimate of drug-likeness (QED) is 0.612. The Labute approximate surface area is 210 Å². The molecule has 0 radical (unpaired) electrons. The fourth-order valence-corrected chi connectivity index (χ4v) is 10.1. The summed E-state index contributed by atoms with van der Waals surface area (Å²) in [5, 5.41) is 15.5. The molecule has 4 saturated carbocycles. The molecular formula is C29H44N4O2. The van der Waals surface area contributed by atoms with Crippen LogP contribution in [0.4, 0.5) is 0 Å². The van der Waals surface area contributed by atoms with E-state index in [1.807, 2.05) is 13.3 Å². The standard InChI is InChI=1S/C29H44N4O2/c1-19(17-33-26-25(16-32-33)30-13-14-31-26)22-7-8-23-21-6-5-20-15-27(2,34)11-12-29(20,18-35-4)24(21)9-10-28(22,23)3/h13-14,16,19-24,34H,5-12,15,17-18H2,1-4H3/t19?,20-,21?,22+,23-,24-,27+,28+,29+/m0/s1. The van der Waals surface area contributed by atoms with E-state index in [-0.39, 0.29) is 5.41 Å². The molecule has 6 heteroatoms. The second-order valence-corrected chi connectivity index (χ2v) is 13.3. The highest BCUT2D eigenvalue weighted by Crippen LogP contribution is 2.69. The van der Waals surface area contributed by atoms with Crippen LogP contribution in [0.1, 0.15) is 78.6 Å². The molecule has 9 atom stereocenters. The van der Waals surface area contributed by atoms with Gasteiger partial charge in [-0.2, -0.15) is 5.10 Å². The summed E-state index contributed by atoms with van der Waals surface area (Å²) in [7, 11) is 1.89. The number of hydrogen-bond acceptors (Lipinski definition) is 5. The average Bonchev–Trinajstić information content (AvgIpc) is 3.40. The molecule has 2 aromatic rings. The maximum atomic E-state index is 10.9. The summed E-state index contributed by atoms with van der Waals surface area (Å²) in [5.74, 6) is 4.31. The minimum Gasteiger partial charge on any atom is -0.390 e. The Morgan fingerprint density at radius 3 is 2.71 bits per heavy atom. The lowest BCUT2D eigenvalue weighted by atomic mass is 9.43. The number of hydrogen-bond donors (Lipinski definition) is 1. The molecule has 2 heterocycles. The molecule has 0 aliphatic heterocycles. The molecule has 0 bridgehead atoms. The van der Waals surface area contributed by atoms with E-state index in [1.54, 1.807) is 12.4 Å². The molecule has 4 fully saturated rings. The lowest BCUT2D eigenvalue weighted by Crippen LogP contribution is -2.58. The highest BCUT2D eigenvalue weighted by Gasteiger charge is 2.62. The minimum atomic E-state index is -0.493. The van der Waals surface area contributed by atoms with E-state index in [2.05, 4.69) is 40.5 Å². The van der Waals surface area contributed by atoms with Gasteiger partial charge in [0.2, 0.25) is 0 Å². The van der Waals surface area contributed by atoms with E-state index >= 15 is 0 Å². The zero-order chi connectivity index (χ0) is 24.4. The van der Waals surface area contributed by atoms with Gasteiger partial charge in [0.15, 0.2) is 5.65 Å². The Balaban J connectivity index is 1.23. The fourth-order valence-electron chi connectivity index (χ4n) is 10.1. The largest absolute Gasteiger partial charge is 0.390 e. The molecule has 6 rings (SSSR count). The third-order valence-corrected chi connectivity index (χ3v) is 11.6. The molecule has 0 spiro atoms. The molecular weight excluding hydrogens is 436 g/mol. The Kier molecular flexibility index (Phi) is 5.80. The van der Waals surface area contributed by atoms with E-state index in [9.17, 15) is 5.11 Å². The molecule has 0 saturated heterocycles. The molecule has 4 aliphatic carbocycles. The number of fused-ring (bicyclic) bond motifs is 6. The lowest BCUT2D eigenvalue weighted by Gasteiger charge is -2.63. The van der Waals surface area contributed by atoms with Crippen molar-refractivity contribution in [3.63, 3.8) is 0 Å². The van der Waals surface area contributed by atoms with E-state index in [0.29, 0.717) is 17.3 Å². The van der Waals surface area contributed by atoms with Gasteiger partial charge in [-0.25, -0.2) is 14.6 Å². The summed E-state index contributed by atoms with van der Waals surface area (Å²) in [6.07, 6.45) is 16.4. The Hall–Kier alpha value is -1.53. The highest BCUT2D eigenvalue weighted by atomic mass is 16.5. The predicted octanol–water partition coefficient (Wildman–Crippen LogP) is 5.50. The molecule has 192 valence electrons. The van der Waals surface area contributed by atoms with E-state index in [0.717, 1.165) is 67.2 Å². The second kappa shape index (κ2) is 8.51. The van der Waals surface area contributed by atoms with Crippen LogP contribution in [0.15, 0.2) is 18.6 Å². The van der Waals surface area contributed by atoms with Crippen LogP contribution in [0.25, 0.3) is 11.2 Å². The van der Waals surface area contributed by atoms with Crippen molar-refractivity contribution in [3.05, 3.63) is 18.6 Å². The van der Waals surface area contributed by atoms with Gasteiger partial charge in [-0.05, 0) is 111 Å². The molecule has 1 N–H and O–H groups in total. The molecule has 35 heavy (non-hydrogen) atoms. The minimum absolute atomic E-state index is 0.275. The van der Waals surface area contributed by atoms with Gasteiger partial charge in [-0.3, -0.25) is 0 Å². The summed E-state index contributed by atoms with van der Waals surface area (Å²) >= 11 is 0. The van der Waals surface area contributed by atoms with Gasteiger partial charge >= 0.3 is 0 Å². The summed E-state index contributed by atoms with van der Waals surface area (Å²) < 4.78 is 8.03. The van der Waals surface area contributed by atoms with Crippen molar-refractivity contribution in [3.8, 4) is 0 Å². The summed E-state index contributed by atoms with van der Waals surface area (Å²) in [5.41, 5.74) is 2.00. The summed E-state index contributed by atoms with van der Waals surface area (Å²) in [6, 6.07) is 0. The van der Waals surface area contributed by atoms with Gasteiger partial charge in [-0.15, -0.1) is 0 Å². The second-order valence-electron chi connectivity index (χ2n) is 13.3. The monoisotopic (exact) mass is 480 g/mol. The number of ether oxygens (including phenoxy) is 1. The van der Waals surface area contributed by atoms with Crippen LogP contribution in [-0.4, -0.2) is 44.2 Å². The molecule has 2 aromatic heterocycles. The normalized spacial score (nSPS) is 44.0. The third-order valence-electron chi connectivity index (χ3n) is 11.6. The van der Waals surface area contributed by atoms with Crippen LogP contribution >= 0.6 is 0 Å². The molecule has 6 nitrogen and oxygen atoms in total. The molecule has 2 unspecified atom stereocenters. The SMILES string of the molecule is COC[C@]12CC[C@@](C)(O)C[C@@H]1CCC1[C@@H]3CC[C@H](C(C)Cn4ncc5nccnc54)[C@@]3(C)CC[C@@H]12. The zero-order valence-electron chi connectivity index (χ0n) is 22.1. The number of nitrogens with zero attached hydrogens (tertiary/aromatic N) is 4. The van der Waals surface area contributed by atoms with Gasteiger partial charge in [0.25, 0.3) is 0 Å². The maximum Gasteiger partial charge on any atom is 0.176 e. The van der Waals surface area contributed by atoms with Crippen molar-refractivity contribution in [1.29, 1.82) is 0 Å². The number of aromatic nitrogens is 4. The van der Waals surface area contributed by atoms with Crippen molar-refractivity contribution >= 4 is 11.2 Å². The first kappa shape index (κ1) is 23.8. The van der Waals surface area contributed by atoms with E-state index < -0.39 is 5.60 Å². The topological polar surface area (TPSA) is 73.1 Å². The number of aliphatic hydroxyl groups is 1. The first-order valence-electron chi connectivity index (χ1n) is 14.1. The van der Waals surface area contributed by atoms with Crippen LogP contribution in [0.3, 0.4) is 0 Å². The van der Waals surface area contributed by atoms with Gasteiger partial charge in [-0.1, -0.05) is 13.8 Å². The Morgan fingerprint density at radius 2 is 1.89 bits per heavy atom. The van der Waals surface area contributed by atoms with Gasteiger partial charge in [0.1, 0.15) is 5.52 Å². The molecule has 0 aromatic carbocycles. The van der Waals surface area contributed by atoms with Crippen molar-refractivity contribution in [1.82, 2.24) is 19.7 Å². The van der Waals surface area contributed by atoms with Crippen molar-refractivity contribution in [2.75, 3.05) is 13.7 Å². The maximum absolute atomic E-state index is 10.9. The van der Waals surface area contributed by atoms with Crippen molar-refractivity contribution < 1.29 is 9.84 Å². The predicted molar refractivity (Wildman–Crippen MR) is 137 cm³/mol. The van der Waals surface area contributed by atoms with E-state index in [1.165, 1.54) is 38.5 Å². The first-order valence-corrected chi connectivity index (χ1v) is 14.1. The summed E-state index contributed by atoms with van der Waals surface area (Å²) in [6.45, 7) is 8.94. The lowest BCUT2D eigenvalue weighted by molar-refractivity contribution is -0.175. The van der Waals surface area contributed by atoms with Crippen LogP contribution in [0.5, 0.6) is 0 Å². The highest BCUT2D eigenvalue weighted by molar-refractivity contribution is 5.68. The van der Waals surface area contributed by atoms with Crippen LogP contribution < -0.4 is 0 Å². The van der Waals surface area contributed by atoms with Crippen LogP contribution in [0, 0.1) is 46.3 Å². The van der Waals surface area contributed by atoms with Crippen molar-refractivity contribution in [2.45, 2.75) is 90.7 Å². The van der Waals surface area contributed by atoms with Crippen molar-refractivity contribution in [2.24, 2.45) is 46.3 Å². The number of methoxy groups -OCH3 is 1. The average molecular weight is 481 g/mol. The number of rotatable bonds is 5. The third kappa shape index (κ3) is 3.68. The van der Waals surface area contributed by atoms with Crippen LogP contribution in [0.2, 0.25) is 0 Å². The zero-order valence-corrected chi connectivity index (χ0v) is 22.1. The van der Waals surface area contributed by atoms with Gasteiger partial charge in [0, 0.05) is 26.0 Å². The van der Waals surface area contributed by atoms with Gasteiger partial charge in [0.05, 0.1) is 18.4 Å². The Bertz CT molecular complexity index is 1070.